The molecule has 0 N–H and O–H groups in total. The van der Waals surface area contributed by atoms with E-state index in [1.807, 2.05) is 24.4 Å². The van der Waals surface area contributed by atoms with Gasteiger partial charge in [-0.05, 0) is 36.1 Å². The fourth-order valence-corrected chi connectivity index (χ4v) is 4.75. The van der Waals surface area contributed by atoms with Gasteiger partial charge in [0.15, 0.2) is 11.5 Å². The zero-order valence-electron chi connectivity index (χ0n) is 18.0. The van der Waals surface area contributed by atoms with Crippen LogP contribution in [0.3, 0.4) is 0 Å². The highest BCUT2D eigenvalue weighted by molar-refractivity contribution is 6.09. The minimum absolute atomic E-state index is 0.835. The van der Waals surface area contributed by atoms with Crippen molar-refractivity contribution in [2.75, 3.05) is 0 Å². The molecule has 0 saturated heterocycles. The predicted molar refractivity (Wildman–Crippen MR) is 133 cm³/mol. The molecule has 0 radical (unpaired) electrons. The highest BCUT2D eigenvalue weighted by Gasteiger charge is 2.14. The number of aryl methyl sites for hydroxylation is 1. The third-order valence-corrected chi connectivity index (χ3v) is 6.41. The first-order valence-corrected chi connectivity index (χ1v) is 11.0. The second kappa shape index (κ2) is 6.78. The van der Waals surface area contributed by atoms with Gasteiger partial charge in [-0.25, -0.2) is 0 Å². The van der Waals surface area contributed by atoms with Crippen LogP contribution in [0.1, 0.15) is 5.56 Å². The molecule has 7 aromatic rings. The van der Waals surface area contributed by atoms with Crippen molar-refractivity contribution in [1.29, 1.82) is 0 Å². The predicted octanol–water partition coefficient (Wildman–Crippen LogP) is 7.42. The Morgan fingerprint density at radius 2 is 1.52 bits per heavy atom. The Labute approximate surface area is 189 Å². The van der Waals surface area contributed by atoms with Crippen LogP contribution in [0.5, 0.6) is 0 Å². The van der Waals surface area contributed by atoms with Crippen LogP contribution in [0.15, 0.2) is 102 Å². The van der Waals surface area contributed by atoms with Gasteiger partial charge in [-0.3, -0.25) is 4.40 Å². The Balaban J connectivity index is 1.35. The van der Waals surface area contributed by atoms with Gasteiger partial charge in [-0.1, -0.05) is 78.4 Å². The standard InChI is InChI=1S/C29H19N3O/c1-18-9-10-20-15-16-32-28(30-31-29(32)25(20)17-18)21-13-11-19(12-14-21)22-6-4-7-24-23-5-2-3-8-26(23)33-27(22)24/h2-17H,1H3. The van der Waals surface area contributed by atoms with E-state index in [0.717, 1.165) is 55.5 Å². The number of benzene rings is 4. The first-order valence-electron chi connectivity index (χ1n) is 11.0. The Kier molecular flexibility index (Phi) is 3.73. The van der Waals surface area contributed by atoms with Crippen LogP contribution in [-0.4, -0.2) is 14.6 Å². The maximum atomic E-state index is 6.22. The van der Waals surface area contributed by atoms with Crippen LogP contribution in [0.25, 0.3) is 60.9 Å². The number of nitrogens with zero attached hydrogens (tertiary/aromatic N) is 3. The molecule has 0 spiro atoms. The maximum Gasteiger partial charge on any atom is 0.168 e. The van der Waals surface area contributed by atoms with Crippen molar-refractivity contribution in [2.45, 2.75) is 6.92 Å². The lowest BCUT2D eigenvalue weighted by atomic mass is 10.0. The zero-order valence-corrected chi connectivity index (χ0v) is 18.0. The van der Waals surface area contributed by atoms with Gasteiger partial charge in [0.25, 0.3) is 0 Å². The van der Waals surface area contributed by atoms with Crippen LogP contribution in [0.2, 0.25) is 0 Å². The van der Waals surface area contributed by atoms with Gasteiger partial charge in [0, 0.05) is 33.5 Å². The molecule has 33 heavy (non-hydrogen) atoms. The summed E-state index contributed by atoms with van der Waals surface area (Å²) >= 11 is 0. The van der Waals surface area contributed by atoms with E-state index < -0.39 is 0 Å². The molecule has 4 heteroatoms. The summed E-state index contributed by atoms with van der Waals surface area (Å²) in [5.74, 6) is 0.835. The summed E-state index contributed by atoms with van der Waals surface area (Å²) in [5.41, 5.74) is 7.14. The Bertz CT molecular complexity index is 1820. The molecular formula is C29H19N3O. The molecular weight excluding hydrogens is 406 g/mol. The van der Waals surface area contributed by atoms with Gasteiger partial charge in [-0.15, -0.1) is 10.2 Å². The van der Waals surface area contributed by atoms with E-state index in [1.165, 1.54) is 10.9 Å². The smallest absolute Gasteiger partial charge is 0.168 e. The third kappa shape index (κ3) is 2.71. The van der Waals surface area contributed by atoms with Crippen molar-refractivity contribution in [3.63, 3.8) is 0 Å². The van der Waals surface area contributed by atoms with E-state index in [0.29, 0.717) is 0 Å². The summed E-state index contributed by atoms with van der Waals surface area (Å²) < 4.78 is 8.29. The van der Waals surface area contributed by atoms with Crippen molar-refractivity contribution in [1.82, 2.24) is 14.6 Å². The molecule has 0 bridgehead atoms. The van der Waals surface area contributed by atoms with Gasteiger partial charge in [0.05, 0.1) is 0 Å². The number of fused-ring (bicyclic) bond motifs is 6. The third-order valence-electron chi connectivity index (χ3n) is 6.41. The molecule has 0 atom stereocenters. The average Bonchev–Trinajstić information content (AvgIpc) is 3.46. The molecule has 4 nitrogen and oxygen atoms in total. The van der Waals surface area contributed by atoms with Gasteiger partial charge in [0.2, 0.25) is 0 Å². The number of para-hydroxylation sites is 2. The van der Waals surface area contributed by atoms with Gasteiger partial charge in [-0.2, -0.15) is 0 Å². The van der Waals surface area contributed by atoms with E-state index in [1.54, 1.807) is 0 Å². The highest BCUT2D eigenvalue weighted by Crippen LogP contribution is 2.36. The second-order valence-electron chi connectivity index (χ2n) is 8.48. The summed E-state index contributed by atoms with van der Waals surface area (Å²) in [6.07, 6.45) is 2.05. The molecule has 7 rings (SSSR count). The molecule has 0 amide bonds. The Hall–Kier alpha value is -4.44. The minimum Gasteiger partial charge on any atom is -0.455 e. The summed E-state index contributed by atoms with van der Waals surface area (Å²) in [6.45, 7) is 2.10. The summed E-state index contributed by atoms with van der Waals surface area (Å²) in [5, 5.41) is 13.6. The molecule has 0 aliphatic carbocycles. The van der Waals surface area contributed by atoms with Crippen LogP contribution in [0.4, 0.5) is 0 Å². The van der Waals surface area contributed by atoms with E-state index >= 15 is 0 Å². The van der Waals surface area contributed by atoms with Crippen LogP contribution >= 0.6 is 0 Å². The largest absolute Gasteiger partial charge is 0.455 e. The summed E-state index contributed by atoms with van der Waals surface area (Å²) in [6, 6.07) is 31.5. The van der Waals surface area contributed by atoms with Crippen LogP contribution in [0, 0.1) is 6.92 Å². The first kappa shape index (κ1) is 18.2. The average molecular weight is 425 g/mol. The highest BCUT2D eigenvalue weighted by atomic mass is 16.3. The molecule has 0 aliphatic heterocycles. The SMILES string of the molecule is Cc1ccc2ccn3c(-c4ccc(-c5cccc6c5oc5ccccc56)cc4)nnc3c2c1. The lowest BCUT2D eigenvalue weighted by molar-refractivity contribution is 0.670. The van der Waals surface area contributed by atoms with Gasteiger partial charge < -0.3 is 4.42 Å². The Morgan fingerprint density at radius 3 is 2.42 bits per heavy atom. The monoisotopic (exact) mass is 425 g/mol. The summed E-state index contributed by atoms with van der Waals surface area (Å²) in [7, 11) is 0. The van der Waals surface area contributed by atoms with Crippen molar-refractivity contribution in [3.8, 4) is 22.5 Å². The van der Waals surface area contributed by atoms with Crippen LogP contribution in [-0.2, 0) is 0 Å². The molecule has 0 saturated carbocycles. The van der Waals surface area contributed by atoms with E-state index in [-0.39, 0.29) is 0 Å². The number of furan rings is 1. The van der Waals surface area contributed by atoms with Crippen molar-refractivity contribution < 1.29 is 4.42 Å². The minimum atomic E-state index is 0.835. The maximum absolute atomic E-state index is 6.22. The molecule has 3 aromatic heterocycles. The molecule has 4 aromatic carbocycles. The van der Waals surface area contributed by atoms with Gasteiger partial charge in [0.1, 0.15) is 11.2 Å². The molecule has 3 heterocycles. The number of aromatic nitrogens is 3. The lowest BCUT2D eigenvalue weighted by Crippen LogP contribution is -1.90. The van der Waals surface area contributed by atoms with Gasteiger partial charge >= 0.3 is 0 Å². The quantitative estimate of drug-likeness (QED) is 0.289. The normalized spacial score (nSPS) is 11.8. The van der Waals surface area contributed by atoms with Crippen molar-refractivity contribution >= 4 is 38.4 Å². The topological polar surface area (TPSA) is 43.3 Å². The van der Waals surface area contributed by atoms with Crippen LogP contribution < -0.4 is 0 Å². The summed E-state index contributed by atoms with van der Waals surface area (Å²) in [4.78, 5) is 0. The first-order chi connectivity index (χ1) is 16.3. The van der Waals surface area contributed by atoms with E-state index in [2.05, 4.69) is 94.3 Å². The second-order valence-corrected chi connectivity index (χ2v) is 8.48. The molecule has 0 fully saturated rings. The van der Waals surface area contributed by atoms with Crippen molar-refractivity contribution in [3.05, 3.63) is 103 Å². The number of rotatable bonds is 2. The van der Waals surface area contributed by atoms with Crippen molar-refractivity contribution in [2.24, 2.45) is 0 Å². The Morgan fingerprint density at radius 1 is 0.697 bits per heavy atom. The molecule has 156 valence electrons. The number of hydrogen-bond acceptors (Lipinski definition) is 3. The fraction of sp³-hybridized carbons (Fsp3) is 0.0345. The van der Waals surface area contributed by atoms with E-state index in [4.69, 9.17) is 4.42 Å². The molecule has 0 aliphatic rings. The fourth-order valence-electron chi connectivity index (χ4n) is 4.75. The van der Waals surface area contributed by atoms with E-state index in [9.17, 15) is 0 Å². The lowest BCUT2D eigenvalue weighted by Gasteiger charge is -2.06. The number of pyridine rings is 1. The zero-order chi connectivity index (χ0) is 21.9. The number of hydrogen-bond donors (Lipinski definition) is 0. The molecule has 0 unspecified atom stereocenters.